The van der Waals surface area contributed by atoms with Crippen LogP contribution in [0.4, 0.5) is 0 Å². The molecule has 0 atom stereocenters. The Balaban J connectivity index is -0.000000174. The third-order valence-electron chi connectivity index (χ3n) is 3.73. The topological polar surface area (TPSA) is 172 Å². The number of hydrogen-bond donors (Lipinski definition) is 0. The van der Waals surface area contributed by atoms with Crippen molar-refractivity contribution >= 4 is 35.3 Å². The van der Waals surface area contributed by atoms with Gasteiger partial charge >= 0.3 is 22.4 Å². The van der Waals surface area contributed by atoms with E-state index < -0.39 is 34.2 Å². The quantitative estimate of drug-likeness (QED) is 0.298. The average Bonchev–Trinajstić information content (AvgIpc) is 2.43. The molecule has 0 fully saturated rings. The maximum Gasteiger partial charge on any atom is 3.00 e. The molecule has 0 aliphatic heterocycles. The number of Topliss-reactive ketones (excluding diaryl/α,β-unsaturated/α-hetero) is 3. The largest absolute Gasteiger partial charge is 3.00 e. The van der Waals surface area contributed by atoms with Crippen molar-refractivity contribution < 1.29 is 66.5 Å². The molecule has 9 nitrogen and oxygen atoms in total. The van der Waals surface area contributed by atoms with Crippen molar-refractivity contribution in [1.82, 2.24) is 0 Å². The molecule has 0 saturated carbocycles. The van der Waals surface area contributed by atoms with Crippen LogP contribution in [0.1, 0.15) is 81.6 Å². The van der Waals surface area contributed by atoms with Gasteiger partial charge in [-0.3, -0.25) is 14.4 Å². The molecule has 0 amide bonds. The second kappa shape index (κ2) is 15.0. The summed E-state index contributed by atoms with van der Waals surface area (Å²) in [5.74, 6) is -3.93. The second-order valence-corrected chi connectivity index (χ2v) is 9.15. The molecule has 0 heterocycles. The van der Waals surface area contributed by atoms with E-state index in [1.165, 1.54) is 62.3 Å². The summed E-state index contributed by atoms with van der Waals surface area (Å²) in [7, 11) is 0. The Morgan fingerprint density at radius 3 is 0.645 bits per heavy atom. The molecular weight excluding hydrogens is 593 g/mol. The number of carboxylic acids is 3. The summed E-state index contributed by atoms with van der Waals surface area (Å²) in [5, 5.41) is 30.9. The first kappa shape index (κ1) is 36.5. The number of carbonyl (C=O) groups excluding carboxylic acids is 6. The van der Waals surface area contributed by atoms with Crippen molar-refractivity contribution in [2.45, 2.75) is 81.6 Å². The molecule has 0 unspecified atom stereocenters. The van der Waals surface area contributed by atoms with Crippen molar-refractivity contribution in [2.24, 2.45) is 16.2 Å². The first-order valence-corrected chi connectivity index (χ1v) is 9.21. The molecular formula is C21H33AuO9. The van der Waals surface area contributed by atoms with Crippen LogP contribution < -0.4 is 15.3 Å². The van der Waals surface area contributed by atoms with Crippen LogP contribution >= 0.6 is 0 Å². The Hall–Kier alpha value is -1.84. The molecule has 0 aliphatic carbocycles. The van der Waals surface area contributed by atoms with Crippen LogP contribution in [-0.2, 0) is 51.1 Å². The fraction of sp³-hybridized carbons (Fsp3) is 0.714. The van der Waals surface area contributed by atoms with E-state index >= 15 is 0 Å². The average molecular weight is 626 g/mol. The zero-order valence-corrected chi connectivity index (χ0v) is 21.8. The summed E-state index contributed by atoms with van der Waals surface area (Å²) in [6.07, 6.45) is 0.111. The van der Waals surface area contributed by atoms with Gasteiger partial charge in [0, 0.05) is 53.4 Å². The van der Waals surface area contributed by atoms with Crippen LogP contribution in [0, 0.1) is 16.2 Å². The van der Waals surface area contributed by atoms with Gasteiger partial charge in [0.2, 0.25) is 0 Å². The van der Waals surface area contributed by atoms with Gasteiger partial charge in [-0.25, -0.2) is 0 Å². The number of ketones is 3. The summed E-state index contributed by atoms with van der Waals surface area (Å²) in [6, 6.07) is 0. The third kappa shape index (κ3) is 19.8. The minimum atomic E-state index is -1.18. The maximum absolute atomic E-state index is 10.5. The number of carboxylic acid groups (broad SMARTS) is 3. The van der Waals surface area contributed by atoms with Crippen LogP contribution in [-0.4, -0.2) is 35.3 Å². The van der Waals surface area contributed by atoms with Gasteiger partial charge in [0.05, 0.1) is 0 Å². The predicted octanol–water partition coefficient (Wildman–Crippen LogP) is -0.778. The zero-order valence-electron chi connectivity index (χ0n) is 19.6. The van der Waals surface area contributed by atoms with Gasteiger partial charge in [-0.15, -0.1) is 0 Å². The normalized spacial score (nSPS) is 10.7. The van der Waals surface area contributed by atoms with Gasteiger partial charge in [-0.1, -0.05) is 41.5 Å². The number of hydrogen-bond acceptors (Lipinski definition) is 9. The van der Waals surface area contributed by atoms with Crippen LogP contribution in [0.3, 0.4) is 0 Å². The number of carbonyl (C=O) groups is 6. The molecule has 0 saturated heterocycles. The monoisotopic (exact) mass is 626 g/mol. The van der Waals surface area contributed by atoms with Crippen molar-refractivity contribution in [3.05, 3.63) is 0 Å². The Kier molecular flexibility index (Phi) is 17.7. The van der Waals surface area contributed by atoms with E-state index in [1.807, 2.05) is 0 Å². The molecule has 0 aromatic rings. The van der Waals surface area contributed by atoms with Crippen molar-refractivity contribution in [3.63, 3.8) is 0 Å². The Morgan fingerprint density at radius 2 is 0.613 bits per heavy atom. The van der Waals surface area contributed by atoms with E-state index in [9.17, 15) is 44.1 Å². The fourth-order valence-corrected chi connectivity index (χ4v) is 2.08. The van der Waals surface area contributed by atoms with E-state index in [1.54, 1.807) is 0 Å². The van der Waals surface area contributed by atoms with Crippen LogP contribution in [0.25, 0.3) is 0 Å². The van der Waals surface area contributed by atoms with E-state index in [4.69, 9.17) is 0 Å². The molecule has 0 aliphatic rings. The standard InChI is InChI=1S/3C7H12O3.Au/c3*1-5(8)4-7(2,3)6(9)10;/h3*4H2,1-3H3,(H,9,10);/q;;;+3/p-3. The summed E-state index contributed by atoms with van der Waals surface area (Å²) in [5.41, 5.74) is -3.07. The minimum Gasteiger partial charge on any atom is -0.550 e. The molecule has 0 aromatic carbocycles. The van der Waals surface area contributed by atoms with E-state index in [0.29, 0.717) is 0 Å². The molecule has 0 N–H and O–H groups in total. The molecule has 0 rings (SSSR count). The minimum absolute atomic E-state index is 0. The van der Waals surface area contributed by atoms with Crippen molar-refractivity contribution in [2.75, 3.05) is 0 Å². The smallest absolute Gasteiger partial charge is 0.550 e. The summed E-state index contributed by atoms with van der Waals surface area (Å²) >= 11 is 0. The van der Waals surface area contributed by atoms with E-state index in [0.717, 1.165) is 0 Å². The Morgan fingerprint density at radius 1 is 0.484 bits per heavy atom. The fourth-order valence-electron chi connectivity index (χ4n) is 2.08. The second-order valence-electron chi connectivity index (χ2n) is 9.15. The van der Waals surface area contributed by atoms with E-state index in [2.05, 4.69) is 0 Å². The van der Waals surface area contributed by atoms with Gasteiger partial charge in [-0.2, -0.15) is 0 Å². The molecule has 0 bridgehead atoms. The van der Waals surface area contributed by atoms with Crippen LogP contribution in [0.2, 0.25) is 0 Å². The number of aliphatic carboxylic acids is 3. The van der Waals surface area contributed by atoms with Gasteiger partial charge in [0.25, 0.3) is 0 Å². The first-order chi connectivity index (χ1) is 13.1. The summed E-state index contributed by atoms with van der Waals surface area (Å²) in [6.45, 7) is 13.0. The van der Waals surface area contributed by atoms with Crippen molar-refractivity contribution in [1.29, 1.82) is 0 Å². The molecule has 0 aromatic heterocycles. The first-order valence-electron chi connectivity index (χ1n) is 9.21. The predicted molar refractivity (Wildman–Crippen MR) is 102 cm³/mol. The van der Waals surface area contributed by atoms with Crippen LogP contribution in [0.5, 0.6) is 0 Å². The SMILES string of the molecule is CC(=O)CC(C)(C)C(=O)[O-].CC(=O)CC(C)(C)C(=O)[O-].CC(=O)CC(C)(C)C(=O)[O-].[Au+3]. The van der Waals surface area contributed by atoms with Crippen LogP contribution in [0.15, 0.2) is 0 Å². The van der Waals surface area contributed by atoms with Crippen molar-refractivity contribution in [3.8, 4) is 0 Å². The maximum atomic E-state index is 10.5. The molecule has 182 valence electrons. The Bertz CT molecular complexity index is 571. The Labute approximate surface area is 199 Å². The van der Waals surface area contributed by atoms with Gasteiger partial charge < -0.3 is 29.7 Å². The van der Waals surface area contributed by atoms with Gasteiger partial charge in [0.15, 0.2) is 0 Å². The number of rotatable bonds is 9. The van der Waals surface area contributed by atoms with Gasteiger partial charge in [-0.05, 0) is 20.8 Å². The van der Waals surface area contributed by atoms with Gasteiger partial charge in [0.1, 0.15) is 17.3 Å². The zero-order chi connectivity index (χ0) is 25.1. The summed E-state index contributed by atoms with van der Waals surface area (Å²) < 4.78 is 0. The molecule has 31 heavy (non-hydrogen) atoms. The third-order valence-corrected chi connectivity index (χ3v) is 3.73. The summed E-state index contributed by atoms with van der Waals surface area (Å²) in [4.78, 5) is 62.3. The van der Waals surface area contributed by atoms with E-state index in [-0.39, 0.29) is 59.0 Å². The molecule has 10 heteroatoms. The molecule has 0 spiro atoms. The molecule has 0 radical (unpaired) electrons.